The number of benzene rings is 2. The van der Waals surface area contributed by atoms with Gasteiger partial charge in [0.2, 0.25) is 0 Å². The summed E-state index contributed by atoms with van der Waals surface area (Å²) in [6.45, 7) is 4.19. The molecule has 1 aromatic heterocycles. The lowest BCUT2D eigenvalue weighted by molar-refractivity contribution is 0.100. The number of nitrogens with zero attached hydrogens (tertiary/aromatic N) is 2. The molecular formula is C25H26ClN5O2S. The highest BCUT2D eigenvalue weighted by Crippen LogP contribution is 2.30. The molecule has 1 heterocycles. The predicted octanol–water partition coefficient (Wildman–Crippen LogP) is 4.76. The van der Waals surface area contributed by atoms with Gasteiger partial charge in [-0.3, -0.25) is 4.79 Å². The smallest absolute Gasteiger partial charge is 0.283 e. The number of anilines is 1. The number of nitrogens with two attached hydrogens (primary N) is 2. The van der Waals surface area contributed by atoms with Crippen LogP contribution >= 0.6 is 23.1 Å². The number of amides is 1. The van der Waals surface area contributed by atoms with Crippen LogP contribution in [0.3, 0.4) is 0 Å². The van der Waals surface area contributed by atoms with Gasteiger partial charge >= 0.3 is 0 Å². The topological polar surface area (TPSA) is 116 Å². The molecule has 0 bridgehead atoms. The average Bonchev–Trinajstić information content (AvgIpc) is 3.22. The number of carbonyl (C=O) groups excluding carboxylic acids is 1. The van der Waals surface area contributed by atoms with Crippen molar-refractivity contribution in [3.05, 3.63) is 63.0 Å². The molecular weight excluding hydrogens is 470 g/mol. The second-order valence-electron chi connectivity index (χ2n) is 7.44. The van der Waals surface area contributed by atoms with Crippen molar-refractivity contribution in [1.29, 1.82) is 0 Å². The summed E-state index contributed by atoms with van der Waals surface area (Å²) in [7, 11) is 1.60. The zero-order valence-corrected chi connectivity index (χ0v) is 20.8. The summed E-state index contributed by atoms with van der Waals surface area (Å²) in [5.74, 6) is 6.36. The molecule has 1 amide bonds. The fourth-order valence-electron chi connectivity index (χ4n) is 3.13. The van der Waals surface area contributed by atoms with Crippen LogP contribution in [0.1, 0.15) is 46.1 Å². The Morgan fingerprint density at radius 2 is 2.03 bits per heavy atom. The molecule has 5 N–H and O–H groups in total. The molecule has 2 aromatic carbocycles. The molecule has 176 valence electrons. The maximum atomic E-state index is 12.9. The number of aliphatic imine (C=N–C) groups is 1. The van der Waals surface area contributed by atoms with E-state index < -0.39 is 5.91 Å². The summed E-state index contributed by atoms with van der Waals surface area (Å²) in [4.78, 5) is 17.7. The summed E-state index contributed by atoms with van der Waals surface area (Å²) in [6.07, 6.45) is 1.73. The van der Waals surface area contributed by atoms with Crippen molar-refractivity contribution in [2.75, 3.05) is 12.8 Å². The fraction of sp³-hybridized carbons (Fsp3) is 0.240. The summed E-state index contributed by atoms with van der Waals surface area (Å²) >= 11 is 7.50. The second-order valence-corrected chi connectivity index (χ2v) is 8.82. The standard InChI is InChI=1S/C25H26ClN5O2S/c1-4-5-6-7-18-12-16(13-20(26)22(18)27)14-29-25(28)30-24(32)21-15(2)34-31-23(21)17-8-10-19(33-3)11-9-17/h8-13H,4-5,14,27H2,1-3H3,(H3,28,29,30,32). The number of halogens is 1. The van der Waals surface area contributed by atoms with Crippen molar-refractivity contribution in [2.45, 2.75) is 33.2 Å². The highest BCUT2D eigenvalue weighted by molar-refractivity contribution is 7.06. The maximum Gasteiger partial charge on any atom is 0.283 e. The summed E-state index contributed by atoms with van der Waals surface area (Å²) in [5, 5.41) is 3.37. The maximum absolute atomic E-state index is 12.9. The third-order valence-corrected chi connectivity index (χ3v) is 5.99. The Kier molecular flexibility index (Phi) is 8.52. The number of rotatable bonds is 6. The lowest BCUT2D eigenvalue weighted by Crippen LogP contribution is -2.32. The Balaban J connectivity index is 1.76. The largest absolute Gasteiger partial charge is 0.497 e. The molecule has 0 aliphatic heterocycles. The minimum absolute atomic E-state index is 0.0113. The number of methoxy groups -OCH3 is 1. The number of hydrogen-bond donors (Lipinski definition) is 3. The van der Waals surface area contributed by atoms with Crippen LogP contribution in [-0.2, 0) is 6.54 Å². The first-order valence-corrected chi connectivity index (χ1v) is 11.8. The Hall–Kier alpha value is -3.54. The molecule has 0 radical (unpaired) electrons. The van der Waals surface area contributed by atoms with E-state index in [2.05, 4.69) is 33.4 Å². The molecule has 0 unspecified atom stereocenters. The molecule has 0 aliphatic carbocycles. The van der Waals surface area contributed by atoms with Crippen molar-refractivity contribution in [2.24, 2.45) is 10.7 Å². The molecule has 7 nitrogen and oxygen atoms in total. The molecule has 0 atom stereocenters. The number of nitrogens with one attached hydrogen (secondary N) is 1. The number of hydrogen-bond acceptors (Lipinski definition) is 5. The van der Waals surface area contributed by atoms with E-state index in [0.717, 1.165) is 34.6 Å². The number of unbranched alkanes of at least 4 members (excludes halogenated alkanes) is 1. The molecule has 0 saturated carbocycles. The molecule has 0 saturated heterocycles. The van der Waals surface area contributed by atoms with E-state index in [9.17, 15) is 4.79 Å². The molecule has 9 heteroatoms. The van der Waals surface area contributed by atoms with Crippen molar-refractivity contribution in [3.63, 3.8) is 0 Å². The van der Waals surface area contributed by atoms with E-state index in [1.807, 2.05) is 37.3 Å². The number of carbonyl (C=O) groups is 1. The predicted molar refractivity (Wildman–Crippen MR) is 139 cm³/mol. The van der Waals surface area contributed by atoms with Crippen LogP contribution in [0, 0.1) is 18.8 Å². The van der Waals surface area contributed by atoms with E-state index in [0.29, 0.717) is 34.1 Å². The van der Waals surface area contributed by atoms with Crippen molar-refractivity contribution < 1.29 is 9.53 Å². The number of guanidine groups is 1. The van der Waals surface area contributed by atoms with Crippen LogP contribution in [0.5, 0.6) is 5.75 Å². The van der Waals surface area contributed by atoms with Gasteiger partial charge in [0.25, 0.3) is 5.91 Å². The number of ether oxygens (including phenoxy) is 1. The van der Waals surface area contributed by atoms with Crippen molar-refractivity contribution >= 4 is 40.7 Å². The Morgan fingerprint density at radius 3 is 2.71 bits per heavy atom. The number of aromatic nitrogens is 1. The van der Waals surface area contributed by atoms with Gasteiger partial charge in [-0.1, -0.05) is 30.4 Å². The van der Waals surface area contributed by atoms with Gasteiger partial charge in [-0.05, 0) is 66.8 Å². The zero-order valence-electron chi connectivity index (χ0n) is 19.2. The van der Waals surface area contributed by atoms with Gasteiger partial charge in [0.1, 0.15) is 5.75 Å². The number of aryl methyl sites for hydroxylation is 1. The number of nitrogen functional groups attached to an aromatic ring is 1. The molecule has 3 rings (SSSR count). The third kappa shape index (κ3) is 6.07. The SMILES string of the molecule is CCCC#Cc1cc(CN/C(N)=N/C(=O)c2c(-c3ccc(OC)cc3)nsc2C)cc(Cl)c1N. The first-order valence-electron chi connectivity index (χ1n) is 10.6. The first-order chi connectivity index (χ1) is 16.3. The minimum atomic E-state index is -0.469. The molecule has 3 aromatic rings. The van der Waals surface area contributed by atoms with Crippen LogP contribution in [0.25, 0.3) is 11.3 Å². The zero-order chi connectivity index (χ0) is 24.7. The van der Waals surface area contributed by atoms with Gasteiger partial charge < -0.3 is 21.5 Å². The molecule has 0 fully saturated rings. The van der Waals surface area contributed by atoms with Crippen LogP contribution < -0.4 is 21.5 Å². The van der Waals surface area contributed by atoms with Gasteiger partial charge in [0.15, 0.2) is 5.96 Å². The van der Waals surface area contributed by atoms with Crippen LogP contribution in [0.4, 0.5) is 5.69 Å². The Morgan fingerprint density at radius 1 is 1.29 bits per heavy atom. The summed E-state index contributed by atoms with van der Waals surface area (Å²) in [6, 6.07) is 10.9. The van der Waals surface area contributed by atoms with Gasteiger partial charge in [0, 0.05) is 29.0 Å². The lowest BCUT2D eigenvalue weighted by atomic mass is 10.1. The highest BCUT2D eigenvalue weighted by atomic mass is 35.5. The Labute approximate surface area is 208 Å². The Bertz CT molecular complexity index is 1270. The normalized spacial score (nSPS) is 11.0. The quantitative estimate of drug-likeness (QED) is 0.196. The fourth-order valence-corrected chi connectivity index (χ4v) is 4.07. The summed E-state index contributed by atoms with van der Waals surface area (Å²) < 4.78 is 9.63. The van der Waals surface area contributed by atoms with Gasteiger partial charge in [-0.15, -0.1) is 0 Å². The van der Waals surface area contributed by atoms with Crippen LogP contribution in [-0.4, -0.2) is 23.4 Å². The lowest BCUT2D eigenvalue weighted by Gasteiger charge is -2.09. The monoisotopic (exact) mass is 495 g/mol. The third-order valence-electron chi connectivity index (χ3n) is 4.92. The van der Waals surface area contributed by atoms with Crippen molar-refractivity contribution in [1.82, 2.24) is 9.69 Å². The highest BCUT2D eigenvalue weighted by Gasteiger charge is 2.20. The van der Waals surface area contributed by atoms with E-state index in [4.69, 9.17) is 27.8 Å². The van der Waals surface area contributed by atoms with Gasteiger partial charge in [-0.25, -0.2) is 0 Å². The molecule has 34 heavy (non-hydrogen) atoms. The first kappa shape index (κ1) is 25.1. The van der Waals surface area contributed by atoms with Crippen molar-refractivity contribution in [3.8, 4) is 28.8 Å². The van der Waals surface area contributed by atoms with Gasteiger partial charge in [-0.2, -0.15) is 9.37 Å². The van der Waals surface area contributed by atoms with E-state index in [1.54, 1.807) is 13.2 Å². The van der Waals surface area contributed by atoms with Crippen LogP contribution in [0.15, 0.2) is 41.4 Å². The second kappa shape index (κ2) is 11.5. The molecule has 0 spiro atoms. The molecule has 0 aliphatic rings. The summed E-state index contributed by atoms with van der Waals surface area (Å²) in [5.41, 5.74) is 15.7. The van der Waals surface area contributed by atoms with Gasteiger partial charge in [0.05, 0.1) is 29.1 Å². The average molecular weight is 496 g/mol. The van der Waals surface area contributed by atoms with E-state index >= 15 is 0 Å². The minimum Gasteiger partial charge on any atom is -0.497 e. The van der Waals surface area contributed by atoms with E-state index in [-0.39, 0.29) is 5.96 Å². The van der Waals surface area contributed by atoms with E-state index in [1.165, 1.54) is 11.5 Å². The van der Waals surface area contributed by atoms with Crippen LogP contribution in [0.2, 0.25) is 5.02 Å².